The first-order valence-corrected chi connectivity index (χ1v) is 17.6. The summed E-state index contributed by atoms with van der Waals surface area (Å²) in [5.74, 6) is -2.68. The van der Waals surface area contributed by atoms with Crippen molar-refractivity contribution in [2.45, 2.75) is 64.2 Å². The zero-order valence-corrected chi connectivity index (χ0v) is 29.1. The maximum absolute atomic E-state index is 16.5. The van der Waals surface area contributed by atoms with Crippen molar-refractivity contribution in [3.05, 3.63) is 82.4 Å². The van der Waals surface area contributed by atoms with Gasteiger partial charge in [-0.3, -0.25) is 9.10 Å². The van der Waals surface area contributed by atoms with E-state index >= 15 is 4.39 Å². The number of fused-ring (bicyclic) bond motifs is 1. The Morgan fingerprint density at radius 1 is 1.00 bits per heavy atom. The number of amides is 1. The van der Waals surface area contributed by atoms with Crippen LogP contribution in [0.5, 0.6) is 0 Å². The molecule has 0 bridgehead atoms. The monoisotopic (exact) mass is 694 g/mol. The molecular weight excluding hydrogens is 657 g/mol. The van der Waals surface area contributed by atoms with E-state index in [1.54, 1.807) is 6.07 Å². The fraction of sp³-hybridized carbons (Fsp3) is 0.371. The molecule has 1 aliphatic heterocycles. The van der Waals surface area contributed by atoms with Crippen LogP contribution in [0.25, 0.3) is 22.3 Å². The first-order chi connectivity index (χ1) is 23.0. The SMILES string of the molecule is CNC(=O)c1c(-c2ccc(F)cc2)oc2cc(N(Cc3ccc(B4OC(C)(C)C(C)(C)O4)c(C(=O)OC)c3F)S(C)(=O)=O)c(C3CC3)cc12. The molecule has 0 spiro atoms. The van der Waals surface area contributed by atoms with Crippen molar-refractivity contribution in [3.8, 4) is 11.3 Å². The van der Waals surface area contributed by atoms with Crippen LogP contribution in [0, 0.1) is 11.6 Å². The van der Waals surface area contributed by atoms with Gasteiger partial charge in [0.05, 0.1) is 47.9 Å². The van der Waals surface area contributed by atoms with Gasteiger partial charge in [-0.1, -0.05) is 12.1 Å². The number of nitrogens with one attached hydrogen (secondary N) is 1. The summed E-state index contributed by atoms with van der Waals surface area (Å²) in [6.45, 7) is 6.83. The molecule has 0 atom stereocenters. The van der Waals surface area contributed by atoms with Crippen molar-refractivity contribution in [1.82, 2.24) is 5.32 Å². The molecule has 1 saturated heterocycles. The fourth-order valence-corrected chi connectivity index (χ4v) is 6.90. The first kappa shape index (κ1) is 34.6. The van der Waals surface area contributed by atoms with Crippen molar-refractivity contribution in [3.63, 3.8) is 0 Å². The van der Waals surface area contributed by atoms with Gasteiger partial charge in [0.2, 0.25) is 10.0 Å². The average molecular weight is 695 g/mol. The minimum Gasteiger partial charge on any atom is -0.465 e. The van der Waals surface area contributed by atoms with E-state index < -0.39 is 64.0 Å². The lowest BCUT2D eigenvalue weighted by Crippen LogP contribution is -2.41. The molecule has 49 heavy (non-hydrogen) atoms. The Morgan fingerprint density at radius 3 is 2.18 bits per heavy atom. The minimum absolute atomic E-state index is 0.0217. The zero-order valence-electron chi connectivity index (χ0n) is 28.3. The van der Waals surface area contributed by atoms with Crippen LogP contribution in [0.3, 0.4) is 0 Å². The third-order valence-electron chi connectivity index (χ3n) is 9.55. The van der Waals surface area contributed by atoms with E-state index in [-0.39, 0.29) is 39.5 Å². The van der Waals surface area contributed by atoms with Gasteiger partial charge in [0.15, 0.2) is 0 Å². The van der Waals surface area contributed by atoms with Gasteiger partial charge in [0, 0.05) is 29.6 Å². The molecule has 1 aromatic heterocycles. The summed E-state index contributed by atoms with van der Waals surface area (Å²) in [4.78, 5) is 26.2. The molecule has 1 N–H and O–H groups in total. The van der Waals surface area contributed by atoms with Gasteiger partial charge in [-0.2, -0.15) is 0 Å². The topological polar surface area (TPSA) is 124 Å². The summed E-state index contributed by atoms with van der Waals surface area (Å²) >= 11 is 0. The number of nitrogens with zero attached hydrogens (tertiary/aromatic N) is 1. The quantitative estimate of drug-likeness (QED) is 0.176. The number of rotatable bonds is 9. The van der Waals surface area contributed by atoms with E-state index in [2.05, 4.69) is 5.32 Å². The number of esters is 1. The molecule has 258 valence electrons. The van der Waals surface area contributed by atoms with Crippen LogP contribution in [-0.2, 0) is 30.6 Å². The number of carbonyl (C=O) groups excluding carboxylic acids is 2. The van der Waals surface area contributed by atoms with Gasteiger partial charge in [-0.05, 0) is 87.8 Å². The van der Waals surface area contributed by atoms with Crippen LogP contribution in [0.15, 0.2) is 52.9 Å². The highest BCUT2D eigenvalue weighted by Gasteiger charge is 2.53. The molecule has 0 unspecified atom stereocenters. The molecule has 1 amide bonds. The van der Waals surface area contributed by atoms with Crippen molar-refractivity contribution >= 4 is 51.1 Å². The number of anilines is 1. The molecule has 2 heterocycles. The highest BCUT2D eigenvalue weighted by Crippen LogP contribution is 2.48. The molecule has 0 radical (unpaired) electrons. The Labute approximate surface area is 283 Å². The summed E-state index contributed by atoms with van der Waals surface area (Å²) in [7, 11) is -2.55. The normalized spacial score (nSPS) is 17.0. The van der Waals surface area contributed by atoms with Crippen LogP contribution in [0.2, 0.25) is 0 Å². The van der Waals surface area contributed by atoms with Crippen molar-refractivity contribution < 1.29 is 45.3 Å². The van der Waals surface area contributed by atoms with E-state index in [0.717, 1.165) is 30.5 Å². The van der Waals surface area contributed by atoms with Gasteiger partial charge in [-0.15, -0.1) is 0 Å². The Hall–Kier alpha value is -4.27. The number of halogens is 2. The van der Waals surface area contributed by atoms with Crippen LogP contribution >= 0.6 is 0 Å². The van der Waals surface area contributed by atoms with Crippen molar-refractivity contribution in [2.24, 2.45) is 0 Å². The predicted octanol–water partition coefficient (Wildman–Crippen LogP) is 5.67. The second kappa shape index (κ2) is 12.3. The van der Waals surface area contributed by atoms with Crippen LogP contribution in [0.4, 0.5) is 14.5 Å². The fourth-order valence-electron chi connectivity index (χ4n) is 6.01. The molecule has 1 saturated carbocycles. The summed E-state index contributed by atoms with van der Waals surface area (Å²) in [5, 5.41) is 3.07. The average Bonchev–Trinajstić information content (AvgIpc) is 3.77. The molecule has 10 nitrogen and oxygen atoms in total. The second-order valence-corrected chi connectivity index (χ2v) is 15.3. The van der Waals surface area contributed by atoms with Crippen LogP contribution < -0.4 is 15.1 Å². The molecule has 2 fully saturated rings. The third kappa shape index (κ3) is 6.21. The van der Waals surface area contributed by atoms with E-state index in [0.29, 0.717) is 16.5 Å². The predicted molar refractivity (Wildman–Crippen MR) is 181 cm³/mol. The number of hydrogen-bond donors (Lipinski definition) is 1. The minimum atomic E-state index is -4.07. The molecule has 4 aromatic rings. The highest BCUT2D eigenvalue weighted by atomic mass is 32.2. The van der Waals surface area contributed by atoms with E-state index in [1.165, 1.54) is 49.5 Å². The third-order valence-corrected chi connectivity index (χ3v) is 10.7. The lowest BCUT2D eigenvalue weighted by Gasteiger charge is -2.32. The van der Waals surface area contributed by atoms with Crippen LogP contribution in [-0.4, -0.2) is 59.0 Å². The Kier molecular flexibility index (Phi) is 8.65. The van der Waals surface area contributed by atoms with Gasteiger partial charge in [0.25, 0.3) is 5.91 Å². The molecular formula is C35H37BF2N2O8S. The summed E-state index contributed by atoms with van der Waals surface area (Å²) in [6.07, 6.45) is 2.56. The van der Waals surface area contributed by atoms with E-state index in [9.17, 15) is 22.4 Å². The number of methoxy groups -OCH3 is 1. The molecule has 2 aliphatic rings. The van der Waals surface area contributed by atoms with Crippen LogP contribution in [0.1, 0.15) is 78.3 Å². The first-order valence-electron chi connectivity index (χ1n) is 15.8. The standard InChI is InChI=1S/C35H37BF2N2O8S/c1-34(2)35(3,4)48-36(47-34)25-15-12-21(30(38)29(25)33(42)45-6)18-40(49(7,43)44)26-17-27-24(16-23(26)19-8-9-19)28(32(41)39-5)31(46-27)20-10-13-22(37)14-11-20/h10-17,19H,8-9,18H2,1-7H3,(H,39,41). The number of benzene rings is 3. The molecule has 6 rings (SSSR count). The largest absolute Gasteiger partial charge is 0.495 e. The maximum Gasteiger partial charge on any atom is 0.495 e. The van der Waals surface area contributed by atoms with E-state index in [4.69, 9.17) is 18.5 Å². The van der Waals surface area contributed by atoms with Gasteiger partial charge in [-0.25, -0.2) is 22.0 Å². The van der Waals surface area contributed by atoms with Gasteiger partial charge in [0.1, 0.15) is 23.0 Å². The second-order valence-electron chi connectivity index (χ2n) is 13.4. The number of hydrogen-bond acceptors (Lipinski definition) is 8. The van der Waals surface area contributed by atoms with Crippen molar-refractivity contribution in [2.75, 3.05) is 24.7 Å². The zero-order chi connectivity index (χ0) is 35.6. The smallest absolute Gasteiger partial charge is 0.465 e. The number of furan rings is 1. The number of sulfonamides is 1. The maximum atomic E-state index is 16.5. The molecule has 3 aromatic carbocycles. The summed E-state index contributed by atoms with van der Waals surface area (Å²) in [5.41, 5.74) is -0.190. The lowest BCUT2D eigenvalue weighted by molar-refractivity contribution is 0.00578. The lowest BCUT2D eigenvalue weighted by atomic mass is 9.75. The van der Waals surface area contributed by atoms with Crippen molar-refractivity contribution in [1.29, 1.82) is 0 Å². The Balaban J connectivity index is 1.49. The van der Waals surface area contributed by atoms with E-state index in [1.807, 2.05) is 27.7 Å². The van der Waals surface area contributed by atoms with Gasteiger partial charge >= 0.3 is 13.1 Å². The summed E-state index contributed by atoms with van der Waals surface area (Å²) in [6, 6.07) is 11.6. The molecule has 1 aliphatic carbocycles. The number of ether oxygens (including phenoxy) is 1. The summed E-state index contributed by atoms with van der Waals surface area (Å²) < 4.78 is 81.6. The number of carbonyl (C=O) groups is 2. The Morgan fingerprint density at radius 2 is 1.63 bits per heavy atom. The highest BCUT2D eigenvalue weighted by molar-refractivity contribution is 7.92. The van der Waals surface area contributed by atoms with Gasteiger partial charge < -0.3 is 23.8 Å². The molecule has 14 heteroatoms. The Bertz CT molecular complexity index is 2080.